The van der Waals surface area contributed by atoms with E-state index in [1.54, 1.807) is 0 Å². The number of carbonyl (C=O) groups excluding carboxylic acids is 1. The summed E-state index contributed by atoms with van der Waals surface area (Å²) in [7, 11) is 0. The Morgan fingerprint density at radius 1 is 1.15 bits per heavy atom. The van der Waals surface area contributed by atoms with Crippen LogP contribution in [0.4, 0.5) is 10.5 Å². The summed E-state index contributed by atoms with van der Waals surface area (Å²) in [4.78, 5) is 15.2. The quantitative estimate of drug-likeness (QED) is 0.857. The topological polar surface area (TPSA) is 53.6 Å². The fourth-order valence-corrected chi connectivity index (χ4v) is 4.17. The zero-order chi connectivity index (χ0) is 18.8. The second kappa shape index (κ2) is 7.97. The Kier molecular flexibility index (Phi) is 5.88. The molecule has 0 spiro atoms. The lowest BCUT2D eigenvalue weighted by atomic mass is 9.93. The average molecular weight is 360 g/mol. The van der Waals surface area contributed by atoms with Gasteiger partial charge in [0.15, 0.2) is 0 Å². The number of carbonyl (C=O) groups is 1. The van der Waals surface area contributed by atoms with Crippen LogP contribution in [0.15, 0.2) is 18.2 Å². The van der Waals surface area contributed by atoms with Crippen molar-refractivity contribution in [3.8, 4) is 0 Å². The van der Waals surface area contributed by atoms with E-state index in [0.717, 1.165) is 31.8 Å². The molecule has 2 amide bonds. The molecular formula is C21H33N3O2. The van der Waals surface area contributed by atoms with Crippen molar-refractivity contribution >= 4 is 11.7 Å². The number of nitrogens with zero attached hydrogens (tertiary/aromatic N) is 1. The van der Waals surface area contributed by atoms with Gasteiger partial charge in [-0.1, -0.05) is 45.9 Å². The van der Waals surface area contributed by atoms with Gasteiger partial charge in [0.05, 0.1) is 12.7 Å². The third-order valence-corrected chi connectivity index (χ3v) is 5.54. The Morgan fingerprint density at radius 2 is 1.81 bits per heavy atom. The monoisotopic (exact) mass is 359 g/mol. The lowest BCUT2D eigenvalue weighted by molar-refractivity contribution is -0.0390. The third-order valence-electron chi connectivity index (χ3n) is 5.54. The number of nitrogens with one attached hydrogen (secondary N) is 2. The van der Waals surface area contributed by atoms with E-state index >= 15 is 0 Å². The smallest absolute Gasteiger partial charge is 0.319 e. The van der Waals surface area contributed by atoms with Gasteiger partial charge < -0.3 is 15.4 Å². The van der Waals surface area contributed by atoms with Gasteiger partial charge in [0.2, 0.25) is 0 Å². The first kappa shape index (κ1) is 19.2. The van der Waals surface area contributed by atoms with Crippen LogP contribution >= 0.6 is 0 Å². The van der Waals surface area contributed by atoms with E-state index in [1.807, 2.05) is 0 Å². The summed E-state index contributed by atoms with van der Waals surface area (Å²) in [5, 5.41) is 6.34. The maximum Gasteiger partial charge on any atom is 0.319 e. The molecule has 3 rings (SSSR count). The van der Waals surface area contributed by atoms with Gasteiger partial charge in [-0.3, -0.25) is 4.90 Å². The first-order valence-electron chi connectivity index (χ1n) is 9.91. The fraction of sp³-hybridized carbons (Fsp3) is 0.667. The van der Waals surface area contributed by atoms with Crippen molar-refractivity contribution in [3.63, 3.8) is 0 Å². The van der Waals surface area contributed by atoms with Crippen LogP contribution in [0, 0.1) is 0 Å². The molecule has 0 radical (unpaired) electrons. The molecule has 3 atom stereocenters. The Labute approximate surface area is 157 Å². The van der Waals surface area contributed by atoms with Crippen LogP contribution in [0.1, 0.15) is 64.0 Å². The zero-order valence-corrected chi connectivity index (χ0v) is 16.7. The summed E-state index contributed by atoms with van der Waals surface area (Å²) >= 11 is 0. The van der Waals surface area contributed by atoms with Crippen molar-refractivity contribution in [1.29, 1.82) is 0 Å². The first-order valence-corrected chi connectivity index (χ1v) is 9.91. The number of benzene rings is 1. The van der Waals surface area contributed by atoms with Gasteiger partial charge >= 0.3 is 6.03 Å². The molecule has 2 aliphatic heterocycles. The van der Waals surface area contributed by atoms with E-state index in [9.17, 15) is 4.79 Å². The summed E-state index contributed by atoms with van der Waals surface area (Å²) in [5.41, 5.74) is 3.36. The van der Waals surface area contributed by atoms with Crippen molar-refractivity contribution in [2.45, 2.75) is 71.1 Å². The molecule has 2 fully saturated rings. The molecule has 144 valence electrons. The summed E-state index contributed by atoms with van der Waals surface area (Å²) in [6, 6.07) is 6.83. The number of rotatable bonds is 4. The number of anilines is 1. The van der Waals surface area contributed by atoms with Crippen LogP contribution < -0.4 is 10.6 Å². The molecule has 0 aliphatic carbocycles. The minimum absolute atomic E-state index is 0.0983. The van der Waals surface area contributed by atoms with Gasteiger partial charge in [0.1, 0.15) is 0 Å². The predicted molar refractivity (Wildman–Crippen MR) is 106 cm³/mol. The summed E-state index contributed by atoms with van der Waals surface area (Å²) in [6.07, 6.45) is 1.24. The van der Waals surface area contributed by atoms with E-state index in [4.69, 9.17) is 4.74 Å². The second-order valence-corrected chi connectivity index (χ2v) is 8.40. The van der Waals surface area contributed by atoms with Gasteiger partial charge in [-0.2, -0.15) is 0 Å². The number of fused-ring (bicyclic) bond motifs is 1. The minimum atomic E-state index is -0.0983. The molecule has 5 nitrogen and oxygen atoms in total. The molecule has 2 heterocycles. The lowest BCUT2D eigenvalue weighted by Gasteiger charge is -2.33. The lowest BCUT2D eigenvalue weighted by Crippen LogP contribution is -2.45. The van der Waals surface area contributed by atoms with Crippen LogP contribution in [0.3, 0.4) is 0 Å². The van der Waals surface area contributed by atoms with Crippen LogP contribution in [-0.4, -0.2) is 48.8 Å². The van der Waals surface area contributed by atoms with Crippen LogP contribution in [0.2, 0.25) is 0 Å². The summed E-state index contributed by atoms with van der Waals surface area (Å²) in [6.45, 7) is 13.4. The maximum atomic E-state index is 12.7. The maximum absolute atomic E-state index is 12.7. The molecule has 5 heteroatoms. The van der Waals surface area contributed by atoms with Crippen molar-refractivity contribution in [3.05, 3.63) is 29.3 Å². The van der Waals surface area contributed by atoms with Crippen LogP contribution in [-0.2, 0) is 4.74 Å². The Bertz CT molecular complexity index is 618. The highest BCUT2D eigenvalue weighted by atomic mass is 16.5. The first-order chi connectivity index (χ1) is 12.3. The van der Waals surface area contributed by atoms with Crippen molar-refractivity contribution in [2.75, 3.05) is 25.0 Å². The Hall–Kier alpha value is -1.59. The highest BCUT2D eigenvalue weighted by Crippen LogP contribution is 2.32. The summed E-state index contributed by atoms with van der Waals surface area (Å²) < 4.78 is 5.75. The van der Waals surface area contributed by atoms with Gasteiger partial charge in [-0.25, -0.2) is 4.79 Å². The normalized spacial score (nSPS) is 26.2. The van der Waals surface area contributed by atoms with Crippen molar-refractivity contribution < 1.29 is 9.53 Å². The molecule has 0 bridgehead atoms. The second-order valence-electron chi connectivity index (χ2n) is 8.40. The molecular weight excluding hydrogens is 326 g/mol. The van der Waals surface area contributed by atoms with E-state index < -0.39 is 0 Å². The molecule has 1 aromatic rings. The molecule has 2 N–H and O–H groups in total. The van der Waals surface area contributed by atoms with E-state index in [1.165, 1.54) is 11.1 Å². The minimum Gasteiger partial charge on any atom is -0.376 e. The van der Waals surface area contributed by atoms with Crippen LogP contribution in [0.25, 0.3) is 0 Å². The standard InChI is InChI=1S/C21H33N3O2/c1-13(2)18-7-6-8-19(14(3)4)20(18)23-21(25)22-16-9-17-12-26-15(5)10-24(17)11-16/h6-8,13-17H,9-12H2,1-5H3,(H2,22,23,25)/t15-,16-,17+/m1/s1. The number of urea groups is 1. The highest BCUT2D eigenvalue weighted by molar-refractivity contribution is 5.91. The molecule has 2 saturated heterocycles. The number of para-hydroxylation sites is 1. The van der Waals surface area contributed by atoms with E-state index in [2.05, 4.69) is 68.4 Å². The van der Waals surface area contributed by atoms with Crippen molar-refractivity contribution in [2.24, 2.45) is 0 Å². The molecule has 26 heavy (non-hydrogen) atoms. The van der Waals surface area contributed by atoms with E-state index in [-0.39, 0.29) is 18.2 Å². The predicted octanol–water partition coefficient (Wildman–Crippen LogP) is 3.92. The SMILES string of the molecule is CC(C)c1cccc(C(C)C)c1NC(=O)N[C@@H]1C[C@H]2CO[C@H](C)CN2C1. The molecule has 1 aromatic carbocycles. The third kappa shape index (κ3) is 4.21. The van der Waals surface area contributed by atoms with Crippen molar-refractivity contribution in [1.82, 2.24) is 10.2 Å². The van der Waals surface area contributed by atoms with Crippen LogP contribution in [0.5, 0.6) is 0 Å². The Morgan fingerprint density at radius 3 is 2.42 bits per heavy atom. The number of hydrogen-bond acceptors (Lipinski definition) is 3. The molecule has 0 unspecified atom stereocenters. The van der Waals surface area contributed by atoms with E-state index in [0.29, 0.717) is 17.9 Å². The molecule has 2 aliphatic rings. The van der Waals surface area contributed by atoms with Gasteiger partial charge in [-0.15, -0.1) is 0 Å². The largest absolute Gasteiger partial charge is 0.376 e. The van der Waals surface area contributed by atoms with Gasteiger partial charge in [0.25, 0.3) is 0 Å². The number of amides is 2. The number of hydrogen-bond donors (Lipinski definition) is 2. The molecule has 0 saturated carbocycles. The van der Waals surface area contributed by atoms with Gasteiger partial charge in [-0.05, 0) is 36.3 Å². The summed E-state index contributed by atoms with van der Waals surface area (Å²) in [5.74, 6) is 0.728. The number of ether oxygens (including phenoxy) is 1. The average Bonchev–Trinajstić information content (AvgIpc) is 2.95. The van der Waals surface area contributed by atoms with Gasteiger partial charge in [0, 0.05) is 30.9 Å². The molecule has 0 aromatic heterocycles. The Balaban J connectivity index is 1.67. The fourth-order valence-electron chi connectivity index (χ4n) is 4.17. The number of morpholine rings is 1. The highest BCUT2D eigenvalue weighted by Gasteiger charge is 2.36. The zero-order valence-electron chi connectivity index (χ0n) is 16.7.